The molecule has 0 aliphatic heterocycles. The van der Waals surface area contributed by atoms with Gasteiger partial charge in [-0.25, -0.2) is 0 Å². The van der Waals surface area contributed by atoms with Gasteiger partial charge in [-0.2, -0.15) is 5.10 Å². The number of phenols is 1. The molecule has 0 aromatic heterocycles. The van der Waals surface area contributed by atoms with Gasteiger partial charge in [-0.3, -0.25) is 5.20 Å². The highest BCUT2D eigenvalue weighted by molar-refractivity contribution is 8.20. The average molecular weight is 382 g/mol. The van der Waals surface area contributed by atoms with E-state index in [2.05, 4.69) is 10.3 Å². The lowest BCUT2D eigenvalue weighted by Crippen LogP contribution is -2.24. The number of nitrogens with zero attached hydrogens (tertiary/aromatic N) is 1. The SMILES string of the molecule is COc1ccc(O)c(C=NNP(=S)(c2ccccc2)c2ccccc2)c1. The van der Waals surface area contributed by atoms with Crippen LogP contribution < -0.4 is 20.5 Å². The summed E-state index contributed by atoms with van der Waals surface area (Å²) in [7, 11) is 1.58. The molecule has 0 saturated carbocycles. The molecule has 0 fully saturated rings. The summed E-state index contributed by atoms with van der Waals surface area (Å²) in [6.45, 7) is 0. The van der Waals surface area contributed by atoms with Crippen molar-refractivity contribution in [3.63, 3.8) is 0 Å². The van der Waals surface area contributed by atoms with Gasteiger partial charge in [0.25, 0.3) is 0 Å². The largest absolute Gasteiger partial charge is 0.507 e. The Morgan fingerprint density at radius 2 is 1.54 bits per heavy atom. The van der Waals surface area contributed by atoms with Crippen LogP contribution >= 0.6 is 6.19 Å². The van der Waals surface area contributed by atoms with E-state index in [1.165, 1.54) is 0 Å². The Labute approximate surface area is 158 Å². The molecule has 3 aromatic rings. The third-order valence-corrected chi connectivity index (χ3v) is 7.83. The molecule has 0 aliphatic carbocycles. The molecule has 0 spiro atoms. The summed E-state index contributed by atoms with van der Waals surface area (Å²) in [5.74, 6) is 0.777. The molecule has 0 radical (unpaired) electrons. The molecular weight excluding hydrogens is 363 g/mol. The Hall–Kier alpha value is -2.62. The van der Waals surface area contributed by atoms with Crippen molar-refractivity contribution in [1.82, 2.24) is 5.20 Å². The van der Waals surface area contributed by atoms with Crippen LogP contribution in [0.5, 0.6) is 11.5 Å². The van der Waals surface area contributed by atoms with Gasteiger partial charge < -0.3 is 9.84 Å². The average Bonchev–Trinajstić information content (AvgIpc) is 2.70. The molecule has 0 aliphatic rings. The Morgan fingerprint density at radius 1 is 0.962 bits per heavy atom. The van der Waals surface area contributed by atoms with Gasteiger partial charge in [0.2, 0.25) is 0 Å². The molecule has 3 aromatic carbocycles. The van der Waals surface area contributed by atoms with E-state index in [1.54, 1.807) is 31.5 Å². The number of nitrogens with one attached hydrogen (secondary N) is 1. The van der Waals surface area contributed by atoms with Crippen LogP contribution in [-0.4, -0.2) is 18.4 Å². The summed E-state index contributed by atoms with van der Waals surface area (Å²) in [6.07, 6.45) is -0.762. The van der Waals surface area contributed by atoms with E-state index in [4.69, 9.17) is 16.5 Å². The maximum atomic E-state index is 10.0. The number of benzene rings is 3. The van der Waals surface area contributed by atoms with Gasteiger partial charge in [-0.15, -0.1) is 0 Å². The molecule has 3 rings (SSSR count). The van der Waals surface area contributed by atoms with Crippen molar-refractivity contribution in [2.75, 3.05) is 7.11 Å². The number of aromatic hydroxyl groups is 1. The van der Waals surface area contributed by atoms with Gasteiger partial charge in [0.15, 0.2) is 0 Å². The minimum atomic E-state index is -2.32. The second kappa shape index (κ2) is 8.17. The lowest BCUT2D eigenvalue weighted by atomic mass is 10.2. The topological polar surface area (TPSA) is 53.9 Å². The molecule has 0 bridgehead atoms. The first kappa shape index (κ1) is 18.2. The monoisotopic (exact) mass is 382 g/mol. The van der Waals surface area contributed by atoms with Crippen LogP contribution in [0, 0.1) is 0 Å². The number of hydrogen-bond acceptors (Lipinski definition) is 4. The van der Waals surface area contributed by atoms with Crippen LogP contribution in [0.4, 0.5) is 0 Å². The third kappa shape index (κ3) is 3.96. The van der Waals surface area contributed by atoms with Crippen LogP contribution in [0.1, 0.15) is 5.56 Å². The zero-order valence-electron chi connectivity index (χ0n) is 14.2. The molecule has 0 amide bonds. The normalized spacial score (nSPS) is 11.4. The van der Waals surface area contributed by atoms with Crippen molar-refractivity contribution in [3.8, 4) is 11.5 Å². The van der Waals surface area contributed by atoms with Crippen molar-refractivity contribution in [2.45, 2.75) is 0 Å². The Bertz CT molecular complexity index is 903. The molecule has 0 heterocycles. The van der Waals surface area contributed by atoms with E-state index in [9.17, 15) is 5.11 Å². The molecule has 2 N–H and O–H groups in total. The van der Waals surface area contributed by atoms with Gasteiger partial charge in [-0.05, 0) is 18.2 Å². The van der Waals surface area contributed by atoms with Crippen molar-refractivity contribution in [2.24, 2.45) is 5.10 Å². The quantitative estimate of drug-likeness (QED) is 0.390. The van der Waals surface area contributed by atoms with Crippen molar-refractivity contribution < 1.29 is 9.84 Å². The fourth-order valence-corrected chi connectivity index (χ4v) is 5.29. The molecule has 0 saturated heterocycles. The summed E-state index contributed by atoms with van der Waals surface area (Å²) in [5.41, 5.74) is 0.555. The van der Waals surface area contributed by atoms with Crippen LogP contribution in [0.15, 0.2) is 84.0 Å². The van der Waals surface area contributed by atoms with Crippen molar-refractivity contribution >= 4 is 34.8 Å². The lowest BCUT2D eigenvalue weighted by Gasteiger charge is -2.22. The Morgan fingerprint density at radius 3 is 2.08 bits per heavy atom. The third-order valence-electron chi connectivity index (χ3n) is 3.88. The summed E-state index contributed by atoms with van der Waals surface area (Å²) in [4.78, 5) is 0. The smallest absolute Gasteiger partial charge is 0.124 e. The number of ether oxygens (including phenoxy) is 1. The molecule has 6 heteroatoms. The predicted octanol–water partition coefficient (Wildman–Crippen LogP) is 3.37. The lowest BCUT2D eigenvalue weighted by molar-refractivity contribution is 0.412. The van der Waals surface area contributed by atoms with Crippen molar-refractivity contribution in [3.05, 3.63) is 84.4 Å². The highest BCUT2D eigenvalue weighted by atomic mass is 32.4. The Kier molecular flexibility index (Phi) is 5.71. The molecular formula is C20H19N2O2PS. The number of hydrogen-bond donors (Lipinski definition) is 2. The molecule has 26 heavy (non-hydrogen) atoms. The first-order chi connectivity index (χ1) is 12.6. The van der Waals surface area contributed by atoms with Gasteiger partial charge >= 0.3 is 0 Å². The van der Waals surface area contributed by atoms with Gasteiger partial charge in [0.1, 0.15) is 17.7 Å². The minimum absolute atomic E-state index is 0.129. The second-order valence-electron chi connectivity index (χ2n) is 5.56. The van der Waals surface area contributed by atoms with Crippen LogP contribution in [0.3, 0.4) is 0 Å². The molecule has 0 unspecified atom stereocenters. The zero-order valence-corrected chi connectivity index (χ0v) is 16.0. The fraction of sp³-hybridized carbons (Fsp3) is 0.0500. The molecule has 132 valence electrons. The Balaban J connectivity index is 1.94. The van der Waals surface area contributed by atoms with E-state index in [0.29, 0.717) is 11.3 Å². The second-order valence-corrected chi connectivity index (χ2v) is 9.66. The number of hydrazone groups is 1. The highest BCUT2D eigenvalue weighted by Crippen LogP contribution is 2.39. The molecule has 0 atom stereocenters. The van der Waals surface area contributed by atoms with E-state index in [0.717, 1.165) is 10.6 Å². The van der Waals surface area contributed by atoms with Crippen LogP contribution in [-0.2, 0) is 11.8 Å². The minimum Gasteiger partial charge on any atom is -0.507 e. The van der Waals surface area contributed by atoms with E-state index < -0.39 is 6.19 Å². The predicted molar refractivity (Wildman–Crippen MR) is 112 cm³/mol. The highest BCUT2D eigenvalue weighted by Gasteiger charge is 2.21. The van der Waals surface area contributed by atoms with E-state index in [1.807, 2.05) is 60.7 Å². The number of phenolic OH excluding ortho intramolecular Hbond substituents is 1. The van der Waals surface area contributed by atoms with E-state index in [-0.39, 0.29) is 5.75 Å². The first-order valence-electron chi connectivity index (χ1n) is 8.02. The maximum absolute atomic E-state index is 10.0. The van der Waals surface area contributed by atoms with Gasteiger partial charge in [-0.1, -0.05) is 72.5 Å². The van der Waals surface area contributed by atoms with Crippen LogP contribution in [0.2, 0.25) is 0 Å². The summed E-state index contributed by atoms with van der Waals surface area (Å²) >= 11 is 6.03. The van der Waals surface area contributed by atoms with Crippen LogP contribution in [0.25, 0.3) is 0 Å². The summed E-state index contributed by atoms with van der Waals surface area (Å²) in [5, 5.41) is 19.6. The first-order valence-corrected chi connectivity index (χ1v) is 10.8. The standard InChI is InChI=1S/C20H19N2O2PS/c1-24-17-12-13-20(23)16(14-17)15-21-22-25(26,18-8-4-2-5-9-18)19-10-6-3-7-11-19/h2-15,23H,1H3,(H,22,26). The van der Waals surface area contributed by atoms with Crippen molar-refractivity contribution in [1.29, 1.82) is 0 Å². The summed E-state index contributed by atoms with van der Waals surface area (Å²) < 4.78 is 5.19. The van der Waals surface area contributed by atoms with Gasteiger partial charge in [0, 0.05) is 16.2 Å². The number of rotatable bonds is 6. The summed E-state index contributed by atoms with van der Waals surface area (Å²) in [6, 6.07) is 24.8. The number of methoxy groups -OCH3 is 1. The van der Waals surface area contributed by atoms with Gasteiger partial charge in [0.05, 0.1) is 13.3 Å². The zero-order chi connectivity index (χ0) is 18.4. The fourth-order valence-electron chi connectivity index (χ4n) is 2.48. The maximum Gasteiger partial charge on any atom is 0.124 e. The van der Waals surface area contributed by atoms with E-state index >= 15 is 0 Å². The molecule has 4 nitrogen and oxygen atoms in total.